The van der Waals surface area contributed by atoms with Crippen LogP contribution in [0.1, 0.15) is 0 Å². The molecule has 0 saturated carbocycles. The molecule has 0 amide bonds. The summed E-state index contributed by atoms with van der Waals surface area (Å²) in [6.07, 6.45) is 5.25. The number of furan rings is 1. The number of fused-ring (bicyclic) bond motifs is 7. The SMILES string of the molecule is c1ccc(-c2cccc3c2oc2cc(-c4nc(-c5ccc6ccccc6c5)nc(-c5ccc6sc7cc(-c8ccccc8-c8cnccn8)ccc7c6c5)n4)ccc23)cc1. The van der Waals surface area contributed by atoms with E-state index in [1.54, 1.807) is 23.7 Å². The van der Waals surface area contributed by atoms with Gasteiger partial charge in [0.25, 0.3) is 0 Å². The summed E-state index contributed by atoms with van der Waals surface area (Å²) in [5, 5.41) is 6.76. The average Bonchev–Trinajstić information content (AvgIpc) is 3.89. The van der Waals surface area contributed by atoms with Crippen LogP contribution in [0.4, 0.5) is 0 Å². The van der Waals surface area contributed by atoms with Crippen molar-refractivity contribution in [1.82, 2.24) is 24.9 Å². The Hall–Kier alpha value is -7.87. The molecule has 0 radical (unpaired) electrons. The first-order chi connectivity index (χ1) is 29.7. The molecule has 0 fully saturated rings. The van der Waals surface area contributed by atoms with E-state index in [0.29, 0.717) is 17.5 Å². The first kappa shape index (κ1) is 34.2. The number of aromatic nitrogens is 5. The molecular formula is C53H31N5OS. The number of para-hydroxylation sites is 1. The van der Waals surface area contributed by atoms with Crippen LogP contribution in [-0.2, 0) is 0 Å². The largest absolute Gasteiger partial charge is 0.455 e. The molecule has 4 aromatic heterocycles. The predicted octanol–water partition coefficient (Wildman–Crippen LogP) is 14.1. The highest BCUT2D eigenvalue weighted by Crippen LogP contribution is 2.41. The molecule has 0 aliphatic rings. The maximum absolute atomic E-state index is 6.65. The van der Waals surface area contributed by atoms with Gasteiger partial charge in [0, 0.05) is 71.2 Å². The molecule has 280 valence electrons. The van der Waals surface area contributed by atoms with Gasteiger partial charge in [-0.15, -0.1) is 11.3 Å². The second kappa shape index (κ2) is 13.9. The average molecular weight is 786 g/mol. The lowest BCUT2D eigenvalue weighted by atomic mass is 9.97. The molecule has 7 heteroatoms. The summed E-state index contributed by atoms with van der Waals surface area (Å²) >= 11 is 1.79. The van der Waals surface area contributed by atoms with Crippen LogP contribution in [0.2, 0.25) is 0 Å². The summed E-state index contributed by atoms with van der Waals surface area (Å²) < 4.78 is 9.05. The Balaban J connectivity index is 0.993. The fourth-order valence-electron chi connectivity index (χ4n) is 8.35. The fourth-order valence-corrected chi connectivity index (χ4v) is 9.48. The Morgan fingerprint density at radius 1 is 0.400 bits per heavy atom. The van der Waals surface area contributed by atoms with E-state index >= 15 is 0 Å². The molecule has 0 spiro atoms. The van der Waals surface area contributed by atoms with Crippen LogP contribution in [0, 0.1) is 0 Å². The summed E-state index contributed by atoms with van der Waals surface area (Å²) in [5.41, 5.74) is 10.7. The normalized spacial score (nSPS) is 11.7. The summed E-state index contributed by atoms with van der Waals surface area (Å²) in [6.45, 7) is 0. The van der Waals surface area contributed by atoms with E-state index < -0.39 is 0 Å². The van der Waals surface area contributed by atoms with Gasteiger partial charge in [-0.1, -0.05) is 127 Å². The minimum absolute atomic E-state index is 0.579. The lowest BCUT2D eigenvalue weighted by molar-refractivity contribution is 0.670. The Labute approximate surface area is 348 Å². The number of hydrogen-bond donors (Lipinski definition) is 0. The number of rotatable bonds is 6. The molecule has 0 aliphatic heterocycles. The minimum Gasteiger partial charge on any atom is -0.455 e. The zero-order valence-electron chi connectivity index (χ0n) is 32.0. The van der Waals surface area contributed by atoms with Gasteiger partial charge in [-0.3, -0.25) is 9.97 Å². The first-order valence-corrected chi connectivity index (χ1v) is 20.6. The standard InChI is InChI=1S/C53H31N5OS/c1-2-10-33(11-3-1)40-15-8-16-44-42-22-20-38(29-47(42)59-50(40)44)53-57-51(36-18-17-32-9-4-5-12-34(32)27-36)56-52(58-53)37-21-24-48-45(28-37)43-23-19-35(30-49(43)60-48)39-13-6-7-14-41(39)46-31-54-25-26-55-46/h1-31H. The maximum Gasteiger partial charge on any atom is 0.164 e. The highest BCUT2D eigenvalue weighted by Gasteiger charge is 2.18. The van der Waals surface area contributed by atoms with Crippen LogP contribution in [0.3, 0.4) is 0 Å². The first-order valence-electron chi connectivity index (χ1n) is 19.8. The third-order valence-corrected chi connectivity index (χ3v) is 12.4. The monoisotopic (exact) mass is 785 g/mol. The van der Waals surface area contributed by atoms with Crippen molar-refractivity contribution in [3.05, 3.63) is 188 Å². The Bertz CT molecular complexity index is 3620. The van der Waals surface area contributed by atoms with Crippen molar-refractivity contribution >= 4 is 64.2 Å². The molecule has 0 bridgehead atoms. The van der Waals surface area contributed by atoms with Crippen LogP contribution in [0.15, 0.2) is 193 Å². The zero-order chi connectivity index (χ0) is 39.6. The smallest absolute Gasteiger partial charge is 0.164 e. The zero-order valence-corrected chi connectivity index (χ0v) is 32.8. The van der Waals surface area contributed by atoms with E-state index in [-0.39, 0.29) is 0 Å². The van der Waals surface area contributed by atoms with Gasteiger partial charge in [-0.2, -0.15) is 0 Å². The van der Waals surface area contributed by atoms with E-state index in [4.69, 9.17) is 19.4 Å². The quantitative estimate of drug-likeness (QED) is 0.167. The molecular weight excluding hydrogens is 755 g/mol. The second-order valence-electron chi connectivity index (χ2n) is 14.9. The van der Waals surface area contributed by atoms with E-state index in [0.717, 1.165) is 88.3 Å². The van der Waals surface area contributed by atoms with Crippen molar-refractivity contribution in [1.29, 1.82) is 0 Å². The molecule has 8 aromatic carbocycles. The number of hydrogen-bond acceptors (Lipinski definition) is 7. The third kappa shape index (κ3) is 5.82. The third-order valence-electron chi connectivity index (χ3n) is 11.3. The lowest BCUT2D eigenvalue weighted by Gasteiger charge is -2.10. The van der Waals surface area contributed by atoms with Gasteiger partial charge in [0.15, 0.2) is 17.5 Å². The van der Waals surface area contributed by atoms with Gasteiger partial charge in [0.05, 0.1) is 11.9 Å². The topological polar surface area (TPSA) is 77.6 Å². The van der Waals surface area contributed by atoms with Crippen LogP contribution in [-0.4, -0.2) is 24.9 Å². The van der Waals surface area contributed by atoms with E-state index in [1.165, 1.54) is 14.8 Å². The second-order valence-corrected chi connectivity index (χ2v) is 16.0. The molecule has 0 atom stereocenters. The molecule has 0 unspecified atom stereocenters. The Morgan fingerprint density at radius 2 is 1.08 bits per heavy atom. The van der Waals surface area contributed by atoms with Crippen molar-refractivity contribution in [2.45, 2.75) is 0 Å². The van der Waals surface area contributed by atoms with Crippen molar-refractivity contribution in [3.63, 3.8) is 0 Å². The minimum atomic E-state index is 0.579. The molecule has 0 N–H and O–H groups in total. The Morgan fingerprint density at radius 3 is 1.92 bits per heavy atom. The van der Waals surface area contributed by atoms with Crippen LogP contribution in [0.5, 0.6) is 0 Å². The van der Waals surface area contributed by atoms with Gasteiger partial charge in [-0.25, -0.2) is 15.0 Å². The summed E-state index contributed by atoms with van der Waals surface area (Å²) in [5.74, 6) is 1.80. The Kier molecular flexibility index (Phi) is 7.92. The molecule has 6 nitrogen and oxygen atoms in total. The molecule has 60 heavy (non-hydrogen) atoms. The van der Waals surface area contributed by atoms with E-state index in [1.807, 2.05) is 18.3 Å². The van der Waals surface area contributed by atoms with Crippen molar-refractivity contribution in [2.75, 3.05) is 0 Å². The van der Waals surface area contributed by atoms with Crippen molar-refractivity contribution in [2.24, 2.45) is 0 Å². The van der Waals surface area contributed by atoms with E-state index in [2.05, 4.69) is 168 Å². The van der Waals surface area contributed by atoms with Crippen molar-refractivity contribution < 1.29 is 4.42 Å². The molecule has 4 heterocycles. The van der Waals surface area contributed by atoms with Crippen molar-refractivity contribution in [3.8, 4) is 67.7 Å². The maximum atomic E-state index is 6.65. The van der Waals surface area contributed by atoms with Gasteiger partial charge in [0.1, 0.15) is 11.2 Å². The number of benzene rings is 8. The number of thiophene rings is 1. The van der Waals surface area contributed by atoms with Gasteiger partial charge < -0.3 is 4.42 Å². The lowest BCUT2D eigenvalue weighted by Crippen LogP contribution is -2.00. The molecule has 0 saturated heterocycles. The summed E-state index contributed by atoms with van der Waals surface area (Å²) in [6, 6.07) is 59.3. The van der Waals surface area contributed by atoms with Gasteiger partial charge >= 0.3 is 0 Å². The highest BCUT2D eigenvalue weighted by molar-refractivity contribution is 7.25. The van der Waals surface area contributed by atoms with Crippen LogP contribution < -0.4 is 0 Å². The highest BCUT2D eigenvalue weighted by atomic mass is 32.1. The van der Waals surface area contributed by atoms with Gasteiger partial charge in [-0.05, 0) is 69.9 Å². The van der Waals surface area contributed by atoms with Crippen LogP contribution in [0.25, 0.3) is 121 Å². The number of nitrogens with zero attached hydrogens (tertiary/aromatic N) is 5. The van der Waals surface area contributed by atoms with E-state index in [9.17, 15) is 0 Å². The molecule has 12 rings (SSSR count). The summed E-state index contributed by atoms with van der Waals surface area (Å²) in [7, 11) is 0. The summed E-state index contributed by atoms with van der Waals surface area (Å²) in [4.78, 5) is 24.4. The fraction of sp³-hybridized carbons (Fsp3) is 0. The van der Waals surface area contributed by atoms with Crippen LogP contribution >= 0.6 is 11.3 Å². The molecule has 12 aromatic rings. The molecule has 0 aliphatic carbocycles. The predicted molar refractivity (Wildman–Crippen MR) is 246 cm³/mol. The van der Waals surface area contributed by atoms with Gasteiger partial charge in [0.2, 0.25) is 0 Å².